The number of amides is 2. The molecule has 3 rings (SSSR count). The van der Waals surface area contributed by atoms with Gasteiger partial charge in [-0.25, -0.2) is 8.42 Å². The summed E-state index contributed by atoms with van der Waals surface area (Å²) in [7, 11) is -1.47. The van der Waals surface area contributed by atoms with E-state index >= 15 is 0 Å². The lowest BCUT2D eigenvalue weighted by Gasteiger charge is -2.35. The van der Waals surface area contributed by atoms with Crippen molar-refractivity contribution in [2.24, 2.45) is 0 Å². The first kappa shape index (κ1) is 23.9. The second-order valence-electron chi connectivity index (χ2n) is 8.52. The van der Waals surface area contributed by atoms with Crippen LogP contribution in [-0.2, 0) is 19.4 Å². The van der Waals surface area contributed by atoms with Crippen LogP contribution in [-0.4, -0.2) is 68.2 Å². The molecule has 1 N–H and O–H groups in total. The third kappa shape index (κ3) is 5.75. The average Bonchev–Trinajstić information content (AvgIpc) is 2.72. The van der Waals surface area contributed by atoms with Gasteiger partial charge in [-0.15, -0.1) is 0 Å². The van der Waals surface area contributed by atoms with Gasteiger partial charge in [-0.2, -0.15) is 0 Å². The number of nitrogens with one attached hydrogen (secondary N) is 1. The van der Waals surface area contributed by atoms with Crippen LogP contribution in [0.5, 0.6) is 0 Å². The summed E-state index contributed by atoms with van der Waals surface area (Å²) >= 11 is 0. The number of rotatable bonds is 6. The van der Waals surface area contributed by atoms with Crippen LogP contribution < -0.4 is 5.32 Å². The highest BCUT2D eigenvalue weighted by molar-refractivity contribution is 7.91. The minimum Gasteiger partial charge on any atom is -0.335 e. The zero-order valence-electron chi connectivity index (χ0n) is 19.1. The molecule has 1 aliphatic heterocycles. The van der Waals surface area contributed by atoms with Gasteiger partial charge in [-0.05, 0) is 37.5 Å². The van der Waals surface area contributed by atoms with E-state index in [2.05, 4.69) is 5.32 Å². The van der Waals surface area contributed by atoms with E-state index in [1.807, 2.05) is 68.1 Å². The zero-order chi connectivity index (χ0) is 23.5. The summed E-state index contributed by atoms with van der Waals surface area (Å²) in [6, 6.07) is 12.7. The first-order valence-corrected chi connectivity index (χ1v) is 12.5. The lowest BCUT2D eigenvalue weighted by molar-refractivity contribution is -0.138. The fraction of sp³-hybridized carbons (Fsp3) is 0.417. The molecule has 1 saturated heterocycles. The van der Waals surface area contributed by atoms with E-state index in [0.717, 1.165) is 27.9 Å². The SMILES string of the molecule is Cc1cc(C)c(NC(=O)CN(C)C(=O)C(c2ccccc2)N2CCS(=O)(=O)CC2)c(C)c1. The highest BCUT2D eigenvalue weighted by Crippen LogP contribution is 2.25. The molecule has 0 bridgehead atoms. The van der Waals surface area contributed by atoms with Gasteiger partial charge in [0.2, 0.25) is 11.8 Å². The summed E-state index contributed by atoms with van der Waals surface area (Å²) in [6.07, 6.45) is 0. The number of aryl methyl sites for hydroxylation is 3. The molecule has 32 heavy (non-hydrogen) atoms. The minimum atomic E-state index is -3.07. The molecular formula is C24H31N3O4S. The summed E-state index contributed by atoms with van der Waals surface area (Å²) in [5.41, 5.74) is 4.62. The number of carbonyl (C=O) groups excluding carboxylic acids is 2. The number of nitrogens with zero attached hydrogens (tertiary/aromatic N) is 2. The molecule has 2 amide bonds. The molecule has 0 radical (unpaired) electrons. The first-order valence-electron chi connectivity index (χ1n) is 10.7. The van der Waals surface area contributed by atoms with Crippen LogP contribution in [0.3, 0.4) is 0 Å². The van der Waals surface area contributed by atoms with Gasteiger partial charge in [0.05, 0.1) is 18.1 Å². The van der Waals surface area contributed by atoms with Gasteiger partial charge in [0.1, 0.15) is 6.04 Å². The quantitative estimate of drug-likeness (QED) is 0.720. The van der Waals surface area contributed by atoms with Crippen molar-refractivity contribution in [1.82, 2.24) is 9.80 Å². The number of carbonyl (C=O) groups is 2. The van der Waals surface area contributed by atoms with Crippen LogP contribution in [0, 0.1) is 20.8 Å². The average molecular weight is 458 g/mol. The Morgan fingerprint density at radius 1 is 1.03 bits per heavy atom. The van der Waals surface area contributed by atoms with Crippen molar-refractivity contribution < 1.29 is 18.0 Å². The van der Waals surface area contributed by atoms with E-state index in [4.69, 9.17) is 0 Å². The van der Waals surface area contributed by atoms with Gasteiger partial charge in [0.15, 0.2) is 9.84 Å². The summed E-state index contributed by atoms with van der Waals surface area (Å²) in [5.74, 6) is -0.452. The van der Waals surface area contributed by atoms with E-state index < -0.39 is 15.9 Å². The number of hydrogen-bond acceptors (Lipinski definition) is 5. The first-order chi connectivity index (χ1) is 15.1. The zero-order valence-corrected chi connectivity index (χ0v) is 19.9. The summed E-state index contributed by atoms with van der Waals surface area (Å²) in [5, 5.41) is 2.93. The van der Waals surface area contributed by atoms with Crippen molar-refractivity contribution in [2.75, 3.05) is 43.5 Å². The predicted octanol–water partition coefficient (Wildman–Crippen LogP) is 2.48. The largest absolute Gasteiger partial charge is 0.335 e. The van der Waals surface area contributed by atoms with Crippen LogP contribution in [0.25, 0.3) is 0 Å². The van der Waals surface area contributed by atoms with E-state index in [1.165, 1.54) is 4.90 Å². The Hall–Kier alpha value is -2.71. The molecule has 0 spiro atoms. The Kier molecular flexibility index (Phi) is 7.36. The Bertz CT molecular complexity index is 1060. The second kappa shape index (κ2) is 9.83. The molecule has 1 atom stereocenters. The maximum absolute atomic E-state index is 13.4. The van der Waals surface area contributed by atoms with E-state index in [0.29, 0.717) is 0 Å². The van der Waals surface area contributed by atoms with Crippen molar-refractivity contribution in [3.8, 4) is 0 Å². The van der Waals surface area contributed by atoms with Crippen molar-refractivity contribution in [3.05, 3.63) is 64.7 Å². The smallest absolute Gasteiger partial charge is 0.244 e. The molecule has 0 saturated carbocycles. The van der Waals surface area contributed by atoms with E-state index in [1.54, 1.807) is 7.05 Å². The third-order valence-electron chi connectivity index (χ3n) is 5.79. The monoisotopic (exact) mass is 457 g/mol. The molecule has 0 aliphatic carbocycles. The summed E-state index contributed by atoms with van der Waals surface area (Å²) in [6.45, 7) is 6.38. The normalized spacial score (nSPS) is 16.9. The minimum absolute atomic E-state index is 0.0276. The fourth-order valence-corrected chi connectivity index (χ4v) is 5.42. The molecule has 7 nitrogen and oxygen atoms in total. The van der Waals surface area contributed by atoms with Crippen molar-refractivity contribution >= 4 is 27.3 Å². The lowest BCUT2D eigenvalue weighted by Crippen LogP contribution is -2.49. The van der Waals surface area contributed by atoms with Gasteiger partial charge in [-0.3, -0.25) is 14.5 Å². The Morgan fingerprint density at radius 2 is 1.59 bits per heavy atom. The molecular weight excluding hydrogens is 426 g/mol. The summed E-state index contributed by atoms with van der Waals surface area (Å²) in [4.78, 5) is 29.5. The van der Waals surface area contributed by atoms with Crippen LogP contribution in [0.15, 0.2) is 42.5 Å². The number of sulfone groups is 1. The fourth-order valence-electron chi connectivity index (χ4n) is 4.19. The molecule has 2 aromatic carbocycles. The molecule has 2 aromatic rings. The molecule has 1 heterocycles. The summed E-state index contributed by atoms with van der Waals surface area (Å²) < 4.78 is 23.8. The van der Waals surface area contributed by atoms with Crippen molar-refractivity contribution in [3.63, 3.8) is 0 Å². The Labute approximate surface area is 190 Å². The van der Waals surface area contributed by atoms with Gasteiger partial charge in [0.25, 0.3) is 0 Å². The molecule has 8 heteroatoms. The van der Waals surface area contributed by atoms with Crippen molar-refractivity contribution in [1.29, 1.82) is 0 Å². The highest BCUT2D eigenvalue weighted by atomic mass is 32.2. The molecule has 1 fully saturated rings. The van der Waals surface area contributed by atoms with Gasteiger partial charge in [0, 0.05) is 25.8 Å². The number of likely N-dealkylation sites (N-methyl/N-ethyl adjacent to an activating group) is 1. The standard InChI is InChI=1S/C24H31N3O4S/c1-17-14-18(2)22(19(3)15-17)25-21(28)16-26(4)24(29)23(20-8-6-5-7-9-20)27-10-12-32(30,31)13-11-27/h5-9,14-15,23H,10-13,16H2,1-4H3,(H,25,28). The molecule has 1 unspecified atom stereocenters. The van der Waals surface area contributed by atoms with Crippen LogP contribution in [0.2, 0.25) is 0 Å². The van der Waals surface area contributed by atoms with Crippen LogP contribution in [0.4, 0.5) is 5.69 Å². The molecule has 172 valence electrons. The third-order valence-corrected chi connectivity index (χ3v) is 7.40. The van der Waals surface area contributed by atoms with Crippen molar-refractivity contribution in [2.45, 2.75) is 26.8 Å². The topological polar surface area (TPSA) is 86.8 Å². The Balaban J connectivity index is 1.75. The van der Waals surface area contributed by atoms with Crippen LogP contribution in [0.1, 0.15) is 28.3 Å². The van der Waals surface area contributed by atoms with Gasteiger partial charge < -0.3 is 10.2 Å². The number of hydrogen-bond donors (Lipinski definition) is 1. The van der Waals surface area contributed by atoms with E-state index in [9.17, 15) is 18.0 Å². The molecule has 1 aliphatic rings. The van der Waals surface area contributed by atoms with Gasteiger partial charge >= 0.3 is 0 Å². The lowest BCUT2D eigenvalue weighted by atomic mass is 10.0. The van der Waals surface area contributed by atoms with E-state index in [-0.39, 0.29) is 43.0 Å². The number of benzene rings is 2. The maximum Gasteiger partial charge on any atom is 0.244 e. The Morgan fingerprint density at radius 3 is 2.16 bits per heavy atom. The molecule has 0 aromatic heterocycles. The highest BCUT2D eigenvalue weighted by Gasteiger charge is 2.34. The number of anilines is 1. The second-order valence-corrected chi connectivity index (χ2v) is 10.8. The van der Waals surface area contributed by atoms with Crippen LogP contribution >= 0.6 is 0 Å². The van der Waals surface area contributed by atoms with Gasteiger partial charge in [-0.1, -0.05) is 48.0 Å². The maximum atomic E-state index is 13.4. The predicted molar refractivity (Wildman–Crippen MR) is 126 cm³/mol.